The summed E-state index contributed by atoms with van der Waals surface area (Å²) in [4.78, 5) is 13.2. The van der Waals surface area contributed by atoms with E-state index >= 15 is 0 Å². The number of aliphatic hydroxyl groups excluding tert-OH is 1. The van der Waals surface area contributed by atoms with Crippen LogP contribution >= 0.6 is 0 Å². The van der Waals surface area contributed by atoms with E-state index in [2.05, 4.69) is 27.7 Å². The molecule has 2 nitrogen and oxygen atoms in total. The Labute approximate surface area is 173 Å². The van der Waals surface area contributed by atoms with Gasteiger partial charge in [0.1, 0.15) is 5.78 Å². The Morgan fingerprint density at radius 3 is 2.46 bits per heavy atom. The van der Waals surface area contributed by atoms with Crippen LogP contribution < -0.4 is 0 Å². The van der Waals surface area contributed by atoms with Crippen molar-refractivity contribution in [2.45, 2.75) is 111 Å². The summed E-state index contributed by atoms with van der Waals surface area (Å²) >= 11 is 0. The van der Waals surface area contributed by atoms with Crippen molar-refractivity contribution in [3.05, 3.63) is 0 Å². The summed E-state index contributed by atoms with van der Waals surface area (Å²) in [5.41, 5.74) is 0.645. The monoisotopic (exact) mass is 388 g/mol. The van der Waals surface area contributed by atoms with Gasteiger partial charge >= 0.3 is 0 Å². The van der Waals surface area contributed by atoms with Crippen LogP contribution in [0.15, 0.2) is 0 Å². The normalized spacial score (nSPS) is 48.3. The summed E-state index contributed by atoms with van der Waals surface area (Å²) in [6.07, 6.45) is 14.3. The molecule has 8 atom stereocenters. The molecule has 0 heterocycles. The van der Waals surface area contributed by atoms with Gasteiger partial charge in [0.15, 0.2) is 0 Å². The van der Waals surface area contributed by atoms with Crippen molar-refractivity contribution in [2.24, 2.45) is 46.3 Å². The maximum atomic E-state index is 13.2. The van der Waals surface area contributed by atoms with Gasteiger partial charge in [-0.3, -0.25) is 4.79 Å². The van der Waals surface area contributed by atoms with Crippen LogP contribution in [-0.2, 0) is 4.79 Å². The van der Waals surface area contributed by atoms with Gasteiger partial charge in [0.2, 0.25) is 0 Å². The predicted molar refractivity (Wildman–Crippen MR) is 115 cm³/mol. The minimum absolute atomic E-state index is 0.134. The molecule has 0 aliphatic heterocycles. The van der Waals surface area contributed by atoms with Gasteiger partial charge in [0, 0.05) is 12.3 Å². The first-order chi connectivity index (χ1) is 13.3. The molecule has 0 bridgehead atoms. The van der Waals surface area contributed by atoms with Crippen molar-refractivity contribution >= 4 is 5.78 Å². The van der Waals surface area contributed by atoms with Gasteiger partial charge in [-0.05, 0) is 91.8 Å². The first-order valence-corrected chi connectivity index (χ1v) is 12.5. The number of hydrogen-bond acceptors (Lipinski definition) is 2. The Kier molecular flexibility index (Phi) is 5.75. The first kappa shape index (κ1) is 20.9. The van der Waals surface area contributed by atoms with Crippen LogP contribution in [0.5, 0.6) is 0 Å². The molecule has 0 radical (unpaired) electrons. The Bertz CT molecular complexity index is 583. The summed E-state index contributed by atoms with van der Waals surface area (Å²) in [6.45, 7) is 9.69. The number of unbranched alkanes of at least 4 members (excludes halogenated alkanes) is 1. The maximum absolute atomic E-state index is 13.2. The van der Waals surface area contributed by atoms with E-state index in [1.807, 2.05) is 0 Å². The fourth-order valence-electron chi connectivity index (χ4n) is 8.55. The van der Waals surface area contributed by atoms with Crippen molar-refractivity contribution in [3.8, 4) is 0 Å². The molecule has 4 saturated carbocycles. The van der Waals surface area contributed by atoms with E-state index in [9.17, 15) is 9.90 Å². The molecule has 0 aromatic rings. The second-order valence-corrected chi connectivity index (χ2v) is 12.0. The Morgan fingerprint density at radius 1 is 1.00 bits per heavy atom. The lowest BCUT2D eigenvalue weighted by Crippen LogP contribution is -2.57. The Hall–Kier alpha value is -0.370. The van der Waals surface area contributed by atoms with E-state index in [0.717, 1.165) is 49.4 Å². The molecule has 4 rings (SSSR count). The molecule has 4 aliphatic carbocycles. The highest BCUT2D eigenvalue weighted by molar-refractivity contribution is 5.83. The highest BCUT2D eigenvalue weighted by Crippen LogP contribution is 2.67. The second kappa shape index (κ2) is 7.71. The molecule has 2 heteroatoms. The van der Waals surface area contributed by atoms with Gasteiger partial charge in [-0.2, -0.15) is 0 Å². The first-order valence-electron chi connectivity index (χ1n) is 12.5. The van der Waals surface area contributed by atoms with Crippen LogP contribution in [0.1, 0.15) is 105 Å². The molecule has 8 unspecified atom stereocenters. The third-order valence-electron chi connectivity index (χ3n) is 10.2. The van der Waals surface area contributed by atoms with E-state index in [4.69, 9.17) is 0 Å². The zero-order valence-electron chi connectivity index (χ0n) is 18.9. The van der Waals surface area contributed by atoms with Gasteiger partial charge in [0.05, 0.1) is 6.10 Å². The number of ketones is 1. The minimum atomic E-state index is -0.242. The molecular weight excluding hydrogens is 344 g/mol. The molecule has 4 aliphatic rings. The quantitative estimate of drug-likeness (QED) is 0.553. The number of carbonyl (C=O) groups is 1. The topological polar surface area (TPSA) is 37.3 Å². The van der Waals surface area contributed by atoms with Crippen LogP contribution in [0.25, 0.3) is 0 Å². The molecule has 4 fully saturated rings. The highest BCUT2D eigenvalue weighted by Gasteiger charge is 2.61. The van der Waals surface area contributed by atoms with Crippen molar-refractivity contribution in [1.29, 1.82) is 0 Å². The van der Waals surface area contributed by atoms with E-state index in [0.29, 0.717) is 17.1 Å². The van der Waals surface area contributed by atoms with Crippen molar-refractivity contribution < 1.29 is 9.90 Å². The molecule has 0 aromatic carbocycles. The van der Waals surface area contributed by atoms with Crippen molar-refractivity contribution in [2.75, 3.05) is 0 Å². The van der Waals surface area contributed by atoms with Gasteiger partial charge in [-0.25, -0.2) is 0 Å². The van der Waals surface area contributed by atoms with Crippen molar-refractivity contribution in [3.63, 3.8) is 0 Å². The van der Waals surface area contributed by atoms with Gasteiger partial charge in [0.25, 0.3) is 0 Å². The lowest BCUT2D eigenvalue weighted by molar-refractivity contribution is -0.159. The lowest BCUT2D eigenvalue weighted by Gasteiger charge is -2.60. The third-order valence-corrected chi connectivity index (χ3v) is 10.2. The number of hydrogen-bond donors (Lipinski definition) is 1. The van der Waals surface area contributed by atoms with Crippen LogP contribution in [0.3, 0.4) is 0 Å². The zero-order chi connectivity index (χ0) is 20.1. The van der Waals surface area contributed by atoms with E-state index in [1.54, 1.807) is 0 Å². The standard InChI is InChI=1S/C26H44O2/c1-17(2)7-5-6-8-18-9-10-21-20-16-24(28)23-15-19(27)11-13-26(23,4)22(20)12-14-25(18,21)3/h17-23,27H,5-16H2,1-4H3. The molecule has 1 N–H and O–H groups in total. The predicted octanol–water partition coefficient (Wildman–Crippen LogP) is 6.40. The molecule has 160 valence electrons. The Morgan fingerprint density at radius 2 is 1.71 bits per heavy atom. The van der Waals surface area contributed by atoms with Crippen LogP contribution in [0, 0.1) is 46.3 Å². The summed E-state index contributed by atoms with van der Waals surface area (Å²) in [5.74, 6) is 4.47. The molecule has 0 aromatic heterocycles. The number of aliphatic hydroxyl groups is 1. The Balaban J connectivity index is 1.47. The third kappa shape index (κ3) is 3.40. The van der Waals surface area contributed by atoms with Crippen LogP contribution in [0.2, 0.25) is 0 Å². The van der Waals surface area contributed by atoms with Gasteiger partial charge < -0.3 is 5.11 Å². The molecule has 28 heavy (non-hydrogen) atoms. The smallest absolute Gasteiger partial charge is 0.136 e. The summed E-state index contributed by atoms with van der Waals surface area (Å²) in [6, 6.07) is 0. The van der Waals surface area contributed by atoms with Crippen LogP contribution in [-0.4, -0.2) is 17.0 Å². The largest absolute Gasteiger partial charge is 0.393 e. The van der Waals surface area contributed by atoms with Gasteiger partial charge in [-0.1, -0.05) is 47.0 Å². The SMILES string of the molecule is CC(C)CCCCC1CCC2C3CC(=O)C4CC(O)CCC4(C)C3CCC12C. The van der Waals surface area contributed by atoms with E-state index < -0.39 is 0 Å². The number of carbonyl (C=O) groups excluding carboxylic acids is 1. The zero-order valence-corrected chi connectivity index (χ0v) is 18.9. The number of Topliss-reactive ketones (excluding diaryl/α,β-unsaturated/α-hetero) is 1. The van der Waals surface area contributed by atoms with Crippen molar-refractivity contribution in [1.82, 2.24) is 0 Å². The van der Waals surface area contributed by atoms with E-state index in [-0.39, 0.29) is 17.4 Å². The summed E-state index contributed by atoms with van der Waals surface area (Å²) in [5, 5.41) is 10.2. The molecular formula is C26H44O2. The van der Waals surface area contributed by atoms with E-state index in [1.165, 1.54) is 51.4 Å². The lowest BCUT2D eigenvalue weighted by atomic mass is 9.44. The van der Waals surface area contributed by atoms with Gasteiger partial charge in [-0.15, -0.1) is 0 Å². The fraction of sp³-hybridized carbons (Fsp3) is 0.962. The van der Waals surface area contributed by atoms with Crippen LogP contribution in [0.4, 0.5) is 0 Å². The summed E-state index contributed by atoms with van der Waals surface area (Å²) < 4.78 is 0. The fourth-order valence-corrected chi connectivity index (χ4v) is 8.55. The maximum Gasteiger partial charge on any atom is 0.136 e. The number of rotatable bonds is 5. The second-order valence-electron chi connectivity index (χ2n) is 12.0. The summed E-state index contributed by atoms with van der Waals surface area (Å²) in [7, 11) is 0. The molecule has 0 saturated heterocycles. The average Bonchev–Trinajstić information content (AvgIpc) is 2.97. The molecule has 0 amide bonds. The highest BCUT2D eigenvalue weighted by atomic mass is 16.3. The number of fused-ring (bicyclic) bond motifs is 5. The average molecular weight is 389 g/mol. The minimum Gasteiger partial charge on any atom is -0.393 e. The molecule has 0 spiro atoms.